The Bertz CT molecular complexity index is 251. The van der Waals surface area contributed by atoms with E-state index in [9.17, 15) is 4.79 Å². The monoisotopic (exact) mass is 180 g/mol. The average Bonchev–Trinajstić information content (AvgIpc) is 2.10. The van der Waals surface area contributed by atoms with Crippen LogP contribution in [0, 0.1) is 17.8 Å². The van der Waals surface area contributed by atoms with Gasteiger partial charge in [0.25, 0.3) is 5.91 Å². The molecule has 0 saturated carbocycles. The van der Waals surface area contributed by atoms with E-state index in [0.29, 0.717) is 5.92 Å². The van der Waals surface area contributed by atoms with Gasteiger partial charge in [-0.2, -0.15) is 0 Å². The van der Waals surface area contributed by atoms with Crippen molar-refractivity contribution in [3.63, 3.8) is 0 Å². The molecule has 0 spiro atoms. The predicted molar refractivity (Wildman–Crippen MR) is 51.8 cm³/mol. The summed E-state index contributed by atoms with van der Waals surface area (Å²) < 4.78 is 0. The zero-order valence-electron chi connectivity index (χ0n) is 8.21. The summed E-state index contributed by atoms with van der Waals surface area (Å²) in [5.74, 6) is 5.48. The molecule has 1 aliphatic rings. The van der Waals surface area contributed by atoms with Crippen molar-refractivity contribution in [2.45, 2.75) is 26.3 Å². The molecule has 1 saturated heterocycles. The van der Waals surface area contributed by atoms with E-state index >= 15 is 0 Å². The molecule has 72 valence electrons. The molecule has 0 radical (unpaired) electrons. The largest absolute Gasteiger partial charge is 0.332 e. The Morgan fingerprint density at radius 1 is 1.62 bits per heavy atom. The number of hydrogen-bond donors (Lipinski definition) is 1. The number of rotatable bonds is 0. The van der Waals surface area contributed by atoms with Gasteiger partial charge in [-0.3, -0.25) is 4.79 Å². The van der Waals surface area contributed by atoms with Crippen LogP contribution in [0.2, 0.25) is 0 Å². The minimum Gasteiger partial charge on any atom is -0.332 e. The van der Waals surface area contributed by atoms with Crippen LogP contribution in [0.1, 0.15) is 20.3 Å². The quantitative estimate of drug-likeness (QED) is 0.541. The highest BCUT2D eigenvalue weighted by Crippen LogP contribution is 2.14. The van der Waals surface area contributed by atoms with Gasteiger partial charge >= 0.3 is 0 Å². The zero-order chi connectivity index (χ0) is 9.84. The summed E-state index contributed by atoms with van der Waals surface area (Å²) in [6.45, 7) is 5.24. The molecule has 0 aliphatic carbocycles. The smallest absolute Gasteiger partial charge is 0.298 e. The third-order valence-corrected chi connectivity index (χ3v) is 2.49. The van der Waals surface area contributed by atoms with E-state index in [2.05, 4.69) is 18.8 Å². The van der Waals surface area contributed by atoms with Gasteiger partial charge in [-0.25, -0.2) is 0 Å². The molecule has 0 bridgehead atoms. The van der Waals surface area contributed by atoms with E-state index in [0.717, 1.165) is 19.5 Å². The highest BCUT2D eigenvalue weighted by molar-refractivity contribution is 5.93. The normalized spacial score (nSPS) is 27.8. The molecule has 1 rings (SSSR count). The summed E-state index contributed by atoms with van der Waals surface area (Å²) in [5.41, 5.74) is 5.84. The lowest BCUT2D eigenvalue weighted by Gasteiger charge is -2.33. The number of likely N-dealkylation sites (tertiary alicyclic amines) is 1. The van der Waals surface area contributed by atoms with Crippen molar-refractivity contribution in [1.82, 2.24) is 4.90 Å². The summed E-state index contributed by atoms with van der Waals surface area (Å²) >= 11 is 0. The number of carbonyl (C=O) groups excluding carboxylic acids is 1. The van der Waals surface area contributed by atoms with Gasteiger partial charge in [0.1, 0.15) is 0 Å². The average molecular weight is 180 g/mol. The molecule has 2 N–H and O–H groups in total. The van der Waals surface area contributed by atoms with E-state index in [1.807, 2.05) is 0 Å². The van der Waals surface area contributed by atoms with Gasteiger partial charge in [0.05, 0.1) is 0 Å². The lowest BCUT2D eigenvalue weighted by atomic mass is 9.95. The molecule has 13 heavy (non-hydrogen) atoms. The molecule has 1 amide bonds. The van der Waals surface area contributed by atoms with Crippen molar-refractivity contribution >= 4 is 5.91 Å². The second-order valence-electron chi connectivity index (χ2n) is 3.56. The number of piperidine rings is 1. The predicted octanol–water partition coefficient (Wildman–Crippen LogP) is 0.205. The Morgan fingerprint density at radius 2 is 2.31 bits per heavy atom. The SMILES string of the molecule is CC#CC(=O)N1CCC(N)C(C)C1. The molecule has 1 heterocycles. The number of carbonyl (C=O) groups is 1. The van der Waals surface area contributed by atoms with Crippen molar-refractivity contribution in [3.8, 4) is 11.8 Å². The van der Waals surface area contributed by atoms with Crippen LogP contribution in [0.25, 0.3) is 0 Å². The van der Waals surface area contributed by atoms with E-state index in [4.69, 9.17) is 5.73 Å². The van der Waals surface area contributed by atoms with Gasteiger partial charge in [-0.15, -0.1) is 0 Å². The Kier molecular flexibility index (Phi) is 3.32. The number of nitrogens with zero attached hydrogens (tertiary/aromatic N) is 1. The highest BCUT2D eigenvalue weighted by atomic mass is 16.2. The number of nitrogens with two attached hydrogens (primary N) is 1. The Labute approximate surface area is 79.3 Å². The van der Waals surface area contributed by atoms with Crippen LogP contribution in [0.15, 0.2) is 0 Å². The fourth-order valence-corrected chi connectivity index (χ4v) is 1.53. The summed E-state index contributed by atoms with van der Waals surface area (Å²) in [6, 6.07) is 0.235. The summed E-state index contributed by atoms with van der Waals surface area (Å²) in [7, 11) is 0. The van der Waals surface area contributed by atoms with Gasteiger partial charge < -0.3 is 10.6 Å². The molecule has 3 heteroatoms. The Morgan fingerprint density at radius 3 is 2.85 bits per heavy atom. The van der Waals surface area contributed by atoms with E-state index < -0.39 is 0 Å². The van der Waals surface area contributed by atoms with Crippen LogP contribution < -0.4 is 5.73 Å². The van der Waals surface area contributed by atoms with Crippen molar-refractivity contribution < 1.29 is 4.79 Å². The van der Waals surface area contributed by atoms with E-state index in [1.54, 1.807) is 11.8 Å². The van der Waals surface area contributed by atoms with Gasteiger partial charge in [0, 0.05) is 19.1 Å². The van der Waals surface area contributed by atoms with Crippen LogP contribution in [0.4, 0.5) is 0 Å². The third kappa shape index (κ3) is 2.46. The fraction of sp³-hybridized carbons (Fsp3) is 0.700. The Balaban J connectivity index is 2.53. The van der Waals surface area contributed by atoms with Gasteiger partial charge in [-0.1, -0.05) is 12.8 Å². The molecule has 0 aromatic heterocycles. The third-order valence-electron chi connectivity index (χ3n) is 2.49. The Hall–Kier alpha value is -1.01. The standard InChI is InChI=1S/C10H16N2O/c1-3-4-10(13)12-6-5-9(11)8(2)7-12/h8-9H,5-7,11H2,1-2H3. The first-order chi connectivity index (χ1) is 6.15. The summed E-state index contributed by atoms with van der Waals surface area (Å²) in [6.07, 6.45) is 0.887. The maximum Gasteiger partial charge on any atom is 0.298 e. The van der Waals surface area contributed by atoms with Crippen molar-refractivity contribution in [3.05, 3.63) is 0 Å². The summed E-state index contributed by atoms with van der Waals surface area (Å²) in [4.78, 5) is 13.1. The van der Waals surface area contributed by atoms with Crippen LogP contribution in [0.5, 0.6) is 0 Å². The fourth-order valence-electron chi connectivity index (χ4n) is 1.53. The van der Waals surface area contributed by atoms with Crippen LogP contribution >= 0.6 is 0 Å². The van der Waals surface area contributed by atoms with Crippen molar-refractivity contribution in [2.75, 3.05) is 13.1 Å². The van der Waals surface area contributed by atoms with E-state index in [-0.39, 0.29) is 11.9 Å². The highest BCUT2D eigenvalue weighted by Gasteiger charge is 2.25. The van der Waals surface area contributed by atoms with Gasteiger partial charge in [0.15, 0.2) is 0 Å². The first-order valence-corrected chi connectivity index (χ1v) is 4.62. The number of hydrogen-bond acceptors (Lipinski definition) is 2. The minimum absolute atomic E-state index is 0.0683. The van der Waals surface area contributed by atoms with Crippen molar-refractivity contribution in [2.24, 2.45) is 11.7 Å². The van der Waals surface area contributed by atoms with Crippen LogP contribution in [0.3, 0.4) is 0 Å². The molecule has 2 unspecified atom stereocenters. The molecule has 1 aliphatic heterocycles. The maximum absolute atomic E-state index is 11.4. The maximum atomic E-state index is 11.4. The molecule has 1 fully saturated rings. The van der Waals surface area contributed by atoms with Crippen molar-refractivity contribution in [1.29, 1.82) is 0 Å². The van der Waals surface area contributed by atoms with E-state index in [1.165, 1.54) is 0 Å². The molecular weight excluding hydrogens is 164 g/mol. The molecule has 0 aromatic rings. The second-order valence-corrected chi connectivity index (χ2v) is 3.56. The van der Waals surface area contributed by atoms with Gasteiger partial charge in [0.2, 0.25) is 0 Å². The second kappa shape index (κ2) is 4.29. The topological polar surface area (TPSA) is 46.3 Å². The molecule has 2 atom stereocenters. The minimum atomic E-state index is -0.0683. The number of amides is 1. The van der Waals surface area contributed by atoms with Crippen LogP contribution in [-0.4, -0.2) is 29.9 Å². The molecule has 3 nitrogen and oxygen atoms in total. The molecular formula is C10H16N2O. The van der Waals surface area contributed by atoms with Crippen LogP contribution in [-0.2, 0) is 4.79 Å². The lowest BCUT2D eigenvalue weighted by molar-refractivity contribution is -0.126. The first-order valence-electron chi connectivity index (χ1n) is 4.62. The first kappa shape index (κ1) is 10.1. The molecule has 0 aromatic carbocycles. The summed E-state index contributed by atoms with van der Waals surface area (Å²) in [5, 5.41) is 0. The van der Waals surface area contributed by atoms with Gasteiger partial charge in [-0.05, 0) is 25.2 Å². The lowest BCUT2D eigenvalue weighted by Crippen LogP contribution is -2.47. The zero-order valence-corrected chi connectivity index (χ0v) is 8.21.